The summed E-state index contributed by atoms with van der Waals surface area (Å²) in [7, 11) is 0. The fourth-order valence-corrected chi connectivity index (χ4v) is 2.76. The highest BCUT2D eigenvalue weighted by molar-refractivity contribution is 4.77. The molecule has 3 nitrogen and oxygen atoms in total. The molecular weight excluding hydrogens is 192 g/mol. The summed E-state index contributed by atoms with van der Waals surface area (Å²) < 4.78 is 5.95. The molecule has 0 heterocycles. The molecule has 0 aromatic heterocycles. The van der Waals surface area contributed by atoms with Gasteiger partial charge in [-0.2, -0.15) is 0 Å². The topological polar surface area (TPSA) is 49.7 Å². The largest absolute Gasteiger partial charge is 0.393 e. The Hall–Kier alpha value is -0.120. The third kappa shape index (κ3) is 3.44. The maximum absolute atomic E-state index is 9.53. The summed E-state index contributed by atoms with van der Waals surface area (Å²) in [5.74, 6) is 0. The molecule has 0 aromatic carbocycles. The molecule has 0 radical (unpaired) electrons. The standard InChI is InChI=1S/C12H22O3/c13-9-3-1-5-11(7-9)15-12-6-2-4-10(14)8-12/h9-14H,1-8H2. The van der Waals surface area contributed by atoms with Crippen LogP contribution >= 0.6 is 0 Å². The van der Waals surface area contributed by atoms with Gasteiger partial charge in [0, 0.05) is 0 Å². The number of aliphatic hydroxyl groups excluding tert-OH is 2. The van der Waals surface area contributed by atoms with Crippen molar-refractivity contribution < 1.29 is 14.9 Å². The van der Waals surface area contributed by atoms with E-state index in [-0.39, 0.29) is 24.4 Å². The Labute approximate surface area is 91.4 Å². The molecule has 2 rings (SSSR count). The molecule has 0 aromatic rings. The van der Waals surface area contributed by atoms with Gasteiger partial charge in [-0.3, -0.25) is 0 Å². The Morgan fingerprint density at radius 2 is 1.20 bits per heavy atom. The molecule has 3 heteroatoms. The highest BCUT2D eigenvalue weighted by atomic mass is 16.5. The third-order valence-electron chi connectivity index (χ3n) is 3.58. The van der Waals surface area contributed by atoms with E-state index in [1.54, 1.807) is 0 Å². The SMILES string of the molecule is OC1CCCC(OC2CCCC(O)C2)C1. The Bertz CT molecular complexity index is 175. The van der Waals surface area contributed by atoms with Crippen LogP contribution in [0, 0.1) is 0 Å². The van der Waals surface area contributed by atoms with E-state index in [0.717, 1.165) is 51.4 Å². The highest BCUT2D eigenvalue weighted by Gasteiger charge is 2.26. The van der Waals surface area contributed by atoms with Crippen molar-refractivity contribution in [3.63, 3.8) is 0 Å². The molecule has 0 aliphatic heterocycles. The van der Waals surface area contributed by atoms with Gasteiger partial charge in [0.1, 0.15) is 0 Å². The molecule has 0 spiro atoms. The number of ether oxygens (including phenoxy) is 1. The van der Waals surface area contributed by atoms with Crippen molar-refractivity contribution in [2.24, 2.45) is 0 Å². The van der Waals surface area contributed by atoms with Crippen LogP contribution in [0.1, 0.15) is 51.4 Å². The fourth-order valence-electron chi connectivity index (χ4n) is 2.76. The zero-order valence-electron chi connectivity index (χ0n) is 9.27. The van der Waals surface area contributed by atoms with Crippen LogP contribution in [-0.4, -0.2) is 34.6 Å². The van der Waals surface area contributed by atoms with Crippen LogP contribution in [-0.2, 0) is 4.74 Å². The summed E-state index contributed by atoms with van der Waals surface area (Å²) in [4.78, 5) is 0. The van der Waals surface area contributed by atoms with Crippen molar-refractivity contribution in [3.05, 3.63) is 0 Å². The molecule has 0 bridgehead atoms. The molecule has 2 fully saturated rings. The first kappa shape index (κ1) is 11.4. The van der Waals surface area contributed by atoms with Gasteiger partial charge in [0.2, 0.25) is 0 Å². The van der Waals surface area contributed by atoms with Crippen LogP contribution in [0.3, 0.4) is 0 Å². The number of rotatable bonds is 2. The Morgan fingerprint density at radius 3 is 1.60 bits per heavy atom. The number of aliphatic hydroxyl groups is 2. The molecule has 2 saturated carbocycles. The maximum Gasteiger partial charge on any atom is 0.0603 e. The van der Waals surface area contributed by atoms with Crippen molar-refractivity contribution in [2.45, 2.75) is 75.8 Å². The van der Waals surface area contributed by atoms with Gasteiger partial charge in [-0.05, 0) is 51.4 Å². The van der Waals surface area contributed by atoms with Gasteiger partial charge in [-0.25, -0.2) is 0 Å². The minimum Gasteiger partial charge on any atom is -0.393 e. The van der Waals surface area contributed by atoms with Crippen LogP contribution in [0.25, 0.3) is 0 Å². The van der Waals surface area contributed by atoms with Crippen LogP contribution in [0.2, 0.25) is 0 Å². The minimum absolute atomic E-state index is 0.169. The maximum atomic E-state index is 9.53. The summed E-state index contributed by atoms with van der Waals surface area (Å²) >= 11 is 0. The Morgan fingerprint density at radius 1 is 0.733 bits per heavy atom. The quantitative estimate of drug-likeness (QED) is 0.734. The first-order valence-electron chi connectivity index (χ1n) is 6.25. The average molecular weight is 214 g/mol. The van der Waals surface area contributed by atoms with Gasteiger partial charge in [0.15, 0.2) is 0 Å². The van der Waals surface area contributed by atoms with Crippen molar-refractivity contribution in [3.8, 4) is 0 Å². The number of hydrogen-bond donors (Lipinski definition) is 2. The van der Waals surface area contributed by atoms with Gasteiger partial charge in [0.25, 0.3) is 0 Å². The minimum atomic E-state index is -0.169. The van der Waals surface area contributed by atoms with Gasteiger partial charge >= 0.3 is 0 Å². The summed E-state index contributed by atoms with van der Waals surface area (Å²) in [6.07, 6.45) is 7.82. The van der Waals surface area contributed by atoms with Crippen LogP contribution < -0.4 is 0 Å². The lowest BCUT2D eigenvalue weighted by atomic mass is 9.92. The normalized spacial score (nSPS) is 42.8. The molecule has 4 atom stereocenters. The zero-order valence-corrected chi connectivity index (χ0v) is 9.27. The summed E-state index contributed by atoms with van der Waals surface area (Å²) in [6.45, 7) is 0. The lowest BCUT2D eigenvalue weighted by Crippen LogP contribution is -2.33. The molecule has 4 unspecified atom stereocenters. The van der Waals surface area contributed by atoms with E-state index in [1.165, 1.54) is 0 Å². The second-order valence-corrected chi connectivity index (χ2v) is 5.02. The van der Waals surface area contributed by atoms with Gasteiger partial charge < -0.3 is 14.9 Å². The molecule has 88 valence electrons. The van der Waals surface area contributed by atoms with Crippen LogP contribution in [0.5, 0.6) is 0 Å². The molecule has 2 aliphatic rings. The predicted octanol–water partition coefficient (Wildman–Crippen LogP) is 1.61. The van der Waals surface area contributed by atoms with Gasteiger partial charge in [-0.15, -0.1) is 0 Å². The van der Waals surface area contributed by atoms with Crippen molar-refractivity contribution >= 4 is 0 Å². The first-order valence-corrected chi connectivity index (χ1v) is 6.25. The molecule has 0 saturated heterocycles. The second kappa shape index (κ2) is 5.28. The van der Waals surface area contributed by atoms with Gasteiger partial charge in [0.05, 0.1) is 24.4 Å². The first-order chi connectivity index (χ1) is 7.24. The smallest absolute Gasteiger partial charge is 0.0603 e. The highest BCUT2D eigenvalue weighted by Crippen LogP contribution is 2.27. The van der Waals surface area contributed by atoms with Gasteiger partial charge in [-0.1, -0.05) is 0 Å². The third-order valence-corrected chi connectivity index (χ3v) is 3.58. The van der Waals surface area contributed by atoms with Crippen LogP contribution in [0.15, 0.2) is 0 Å². The summed E-state index contributed by atoms with van der Waals surface area (Å²) in [5, 5.41) is 19.1. The lowest BCUT2D eigenvalue weighted by molar-refractivity contribution is -0.0844. The van der Waals surface area contributed by atoms with E-state index in [1.807, 2.05) is 0 Å². The van der Waals surface area contributed by atoms with E-state index < -0.39 is 0 Å². The Balaban J connectivity index is 1.75. The van der Waals surface area contributed by atoms with E-state index in [9.17, 15) is 10.2 Å². The van der Waals surface area contributed by atoms with Crippen molar-refractivity contribution in [1.82, 2.24) is 0 Å². The zero-order chi connectivity index (χ0) is 10.7. The lowest BCUT2D eigenvalue weighted by Gasteiger charge is -2.33. The summed E-state index contributed by atoms with van der Waals surface area (Å²) in [5.41, 5.74) is 0. The predicted molar refractivity (Wildman–Crippen MR) is 57.6 cm³/mol. The second-order valence-electron chi connectivity index (χ2n) is 5.02. The fraction of sp³-hybridized carbons (Fsp3) is 1.00. The van der Waals surface area contributed by atoms with Crippen molar-refractivity contribution in [1.29, 1.82) is 0 Å². The van der Waals surface area contributed by atoms with Crippen LogP contribution in [0.4, 0.5) is 0 Å². The van der Waals surface area contributed by atoms with Crippen molar-refractivity contribution in [2.75, 3.05) is 0 Å². The molecule has 2 N–H and O–H groups in total. The molecule has 0 amide bonds. The van der Waals surface area contributed by atoms with E-state index in [2.05, 4.69) is 0 Å². The molecule has 2 aliphatic carbocycles. The molecule has 15 heavy (non-hydrogen) atoms. The van der Waals surface area contributed by atoms with E-state index in [0.29, 0.717) is 0 Å². The number of hydrogen-bond acceptors (Lipinski definition) is 3. The summed E-state index contributed by atoms with van der Waals surface area (Å²) in [6, 6.07) is 0. The molecular formula is C12H22O3. The monoisotopic (exact) mass is 214 g/mol. The Kier molecular flexibility index (Phi) is 4.00. The average Bonchev–Trinajstić information content (AvgIpc) is 2.17. The van der Waals surface area contributed by atoms with E-state index in [4.69, 9.17) is 4.74 Å². The van der Waals surface area contributed by atoms with E-state index >= 15 is 0 Å².